The van der Waals surface area contributed by atoms with Gasteiger partial charge in [-0.1, -0.05) is 23.8 Å². The Morgan fingerprint density at radius 1 is 1.28 bits per heavy atom. The number of hydrogen-bond donors (Lipinski definition) is 2. The average Bonchev–Trinajstić information content (AvgIpc) is 2.64. The van der Waals surface area contributed by atoms with Crippen LogP contribution in [-0.4, -0.2) is 52.4 Å². The maximum Gasteiger partial charge on any atom is 0.191 e. The number of aryl methyl sites for hydroxylation is 1. The topological polar surface area (TPSA) is 48.9 Å². The van der Waals surface area contributed by atoms with Crippen molar-refractivity contribution < 1.29 is 4.74 Å². The number of guanidine groups is 1. The zero-order valence-corrected chi connectivity index (χ0v) is 15.8. The molecule has 0 aliphatic carbocycles. The summed E-state index contributed by atoms with van der Waals surface area (Å²) in [4.78, 5) is 6.69. The number of benzene rings is 1. The second-order valence-corrected chi connectivity index (χ2v) is 6.28. The number of hydrogen-bond acceptors (Lipinski definition) is 3. The monoisotopic (exact) mass is 344 g/mol. The van der Waals surface area contributed by atoms with Crippen LogP contribution in [0.1, 0.15) is 25.3 Å². The van der Waals surface area contributed by atoms with Crippen molar-refractivity contribution in [3.05, 3.63) is 41.5 Å². The normalized spacial score (nSPS) is 14.8. The third-order valence-corrected chi connectivity index (χ3v) is 4.44. The van der Waals surface area contributed by atoms with Crippen molar-refractivity contribution in [2.24, 2.45) is 4.99 Å². The van der Waals surface area contributed by atoms with Crippen LogP contribution in [0.25, 0.3) is 0 Å². The van der Waals surface area contributed by atoms with Gasteiger partial charge in [0.15, 0.2) is 5.96 Å². The van der Waals surface area contributed by atoms with E-state index in [2.05, 4.69) is 64.7 Å². The van der Waals surface area contributed by atoms with Crippen LogP contribution in [0.2, 0.25) is 0 Å². The summed E-state index contributed by atoms with van der Waals surface area (Å²) >= 11 is 0. The van der Waals surface area contributed by atoms with E-state index in [4.69, 9.17) is 4.74 Å². The van der Waals surface area contributed by atoms with Crippen LogP contribution in [0.5, 0.6) is 0 Å². The molecule has 5 nitrogen and oxygen atoms in total. The van der Waals surface area contributed by atoms with Crippen molar-refractivity contribution >= 4 is 11.6 Å². The van der Waals surface area contributed by atoms with Crippen LogP contribution in [0.15, 0.2) is 40.9 Å². The molecule has 2 rings (SSSR count). The first-order valence-corrected chi connectivity index (χ1v) is 9.24. The van der Waals surface area contributed by atoms with Crippen LogP contribution >= 0.6 is 0 Å². The maximum atomic E-state index is 5.34. The highest BCUT2D eigenvalue weighted by atomic mass is 16.5. The number of aliphatic imine (C=N–C) groups is 1. The van der Waals surface area contributed by atoms with E-state index in [9.17, 15) is 0 Å². The van der Waals surface area contributed by atoms with E-state index in [1.807, 2.05) is 7.05 Å². The zero-order valence-electron chi connectivity index (χ0n) is 15.8. The molecule has 25 heavy (non-hydrogen) atoms. The standard InChI is InChI=1S/C20H32N4O/c1-4-24(19-7-5-6-17(2)16-19)13-12-23-20(21-3)22-11-8-18-9-14-25-15-10-18/h5-7,9,16H,4,8,10-15H2,1-3H3,(H2,21,22,23). The van der Waals surface area contributed by atoms with Gasteiger partial charge < -0.3 is 20.3 Å². The molecule has 0 unspecified atom stereocenters. The van der Waals surface area contributed by atoms with Crippen LogP contribution in [0.3, 0.4) is 0 Å². The van der Waals surface area contributed by atoms with Crippen LogP contribution in [-0.2, 0) is 4.74 Å². The van der Waals surface area contributed by atoms with Crippen molar-refractivity contribution in [2.45, 2.75) is 26.7 Å². The molecule has 0 bridgehead atoms. The Balaban J connectivity index is 1.71. The van der Waals surface area contributed by atoms with Gasteiger partial charge in [0.25, 0.3) is 0 Å². The van der Waals surface area contributed by atoms with Crippen molar-refractivity contribution in [3.8, 4) is 0 Å². The Morgan fingerprint density at radius 2 is 2.12 bits per heavy atom. The number of ether oxygens (including phenoxy) is 1. The summed E-state index contributed by atoms with van der Waals surface area (Å²) in [6.45, 7) is 9.64. The Kier molecular flexibility index (Phi) is 8.32. The lowest BCUT2D eigenvalue weighted by atomic mass is 10.1. The highest BCUT2D eigenvalue weighted by Crippen LogP contribution is 2.15. The Bertz CT molecular complexity index is 583. The van der Waals surface area contributed by atoms with Gasteiger partial charge in [-0.3, -0.25) is 4.99 Å². The summed E-state index contributed by atoms with van der Waals surface area (Å²) in [7, 11) is 1.82. The van der Waals surface area contributed by atoms with E-state index in [-0.39, 0.29) is 0 Å². The second-order valence-electron chi connectivity index (χ2n) is 6.28. The molecule has 1 aromatic rings. The quantitative estimate of drug-likeness (QED) is 0.432. The minimum atomic E-state index is 0.758. The molecule has 0 saturated heterocycles. The second kappa shape index (κ2) is 10.8. The third-order valence-electron chi connectivity index (χ3n) is 4.44. The third kappa shape index (κ3) is 6.78. The molecule has 0 atom stereocenters. The first-order valence-electron chi connectivity index (χ1n) is 9.24. The number of rotatable bonds is 8. The fourth-order valence-electron chi connectivity index (χ4n) is 2.96. The Labute approximate surface area is 152 Å². The van der Waals surface area contributed by atoms with Gasteiger partial charge in [0.05, 0.1) is 13.2 Å². The van der Waals surface area contributed by atoms with Gasteiger partial charge >= 0.3 is 0 Å². The summed E-state index contributed by atoms with van der Waals surface area (Å²) in [6.07, 6.45) is 4.30. The number of nitrogens with zero attached hydrogens (tertiary/aromatic N) is 2. The van der Waals surface area contributed by atoms with Gasteiger partial charge in [-0.15, -0.1) is 0 Å². The zero-order chi connectivity index (χ0) is 17.9. The summed E-state index contributed by atoms with van der Waals surface area (Å²) in [6, 6.07) is 8.66. The summed E-state index contributed by atoms with van der Waals surface area (Å²) in [5, 5.41) is 6.81. The lowest BCUT2D eigenvalue weighted by Gasteiger charge is -2.24. The van der Waals surface area contributed by atoms with Crippen molar-refractivity contribution in [3.63, 3.8) is 0 Å². The van der Waals surface area contributed by atoms with Gasteiger partial charge in [0.2, 0.25) is 0 Å². The molecule has 0 aromatic heterocycles. The van der Waals surface area contributed by atoms with Gasteiger partial charge in [-0.25, -0.2) is 0 Å². The molecule has 1 heterocycles. The SMILES string of the molecule is CCN(CCNC(=NC)NCCC1=CCOCC1)c1cccc(C)c1. The molecule has 5 heteroatoms. The molecule has 1 aliphatic rings. The smallest absolute Gasteiger partial charge is 0.191 e. The minimum Gasteiger partial charge on any atom is -0.377 e. The van der Waals surface area contributed by atoms with E-state index in [1.54, 1.807) is 0 Å². The van der Waals surface area contributed by atoms with Crippen molar-refractivity contribution in [1.82, 2.24) is 10.6 Å². The Morgan fingerprint density at radius 3 is 2.80 bits per heavy atom. The highest BCUT2D eigenvalue weighted by Gasteiger charge is 2.06. The molecule has 0 radical (unpaired) electrons. The maximum absolute atomic E-state index is 5.34. The van der Waals surface area contributed by atoms with E-state index in [0.29, 0.717) is 0 Å². The van der Waals surface area contributed by atoms with Gasteiger partial charge in [0.1, 0.15) is 0 Å². The largest absolute Gasteiger partial charge is 0.377 e. The average molecular weight is 345 g/mol. The van der Waals surface area contributed by atoms with Gasteiger partial charge in [-0.05, 0) is 44.4 Å². The first kappa shape index (κ1) is 19.3. The molecule has 1 aliphatic heterocycles. The molecule has 0 saturated carbocycles. The molecule has 1 aromatic carbocycles. The molecule has 2 N–H and O–H groups in total. The van der Waals surface area contributed by atoms with Gasteiger partial charge in [0, 0.05) is 38.9 Å². The van der Waals surface area contributed by atoms with E-state index < -0.39 is 0 Å². The predicted octanol–water partition coefficient (Wildman–Crippen LogP) is 2.72. The van der Waals surface area contributed by atoms with Crippen LogP contribution in [0.4, 0.5) is 5.69 Å². The molecule has 0 fully saturated rings. The summed E-state index contributed by atoms with van der Waals surface area (Å²) in [5.74, 6) is 0.868. The summed E-state index contributed by atoms with van der Waals surface area (Å²) in [5.41, 5.74) is 4.05. The number of anilines is 1. The molecule has 0 spiro atoms. The first-order chi connectivity index (χ1) is 12.2. The molecular weight excluding hydrogens is 312 g/mol. The lowest BCUT2D eigenvalue weighted by Crippen LogP contribution is -2.42. The van der Waals surface area contributed by atoms with Crippen molar-refractivity contribution in [1.29, 1.82) is 0 Å². The van der Waals surface area contributed by atoms with Crippen molar-refractivity contribution in [2.75, 3.05) is 51.3 Å². The fraction of sp³-hybridized carbons (Fsp3) is 0.550. The Hall–Kier alpha value is -2.01. The predicted molar refractivity (Wildman–Crippen MR) is 107 cm³/mol. The van der Waals surface area contributed by atoms with E-state index >= 15 is 0 Å². The van der Waals surface area contributed by atoms with Gasteiger partial charge in [-0.2, -0.15) is 0 Å². The molecular formula is C20H32N4O. The molecule has 138 valence electrons. The summed E-state index contributed by atoms with van der Waals surface area (Å²) < 4.78 is 5.34. The fourth-order valence-corrected chi connectivity index (χ4v) is 2.96. The van der Waals surface area contributed by atoms with Crippen LogP contribution < -0.4 is 15.5 Å². The van der Waals surface area contributed by atoms with Crippen LogP contribution in [0, 0.1) is 6.92 Å². The number of nitrogens with one attached hydrogen (secondary N) is 2. The highest BCUT2D eigenvalue weighted by molar-refractivity contribution is 5.79. The molecule has 0 amide bonds. The number of likely N-dealkylation sites (N-methyl/N-ethyl adjacent to an activating group) is 1. The van der Waals surface area contributed by atoms with E-state index in [0.717, 1.165) is 58.2 Å². The van der Waals surface area contributed by atoms with E-state index in [1.165, 1.54) is 16.8 Å². The minimum absolute atomic E-state index is 0.758. The lowest BCUT2D eigenvalue weighted by molar-refractivity contribution is 0.153.